The Morgan fingerprint density at radius 1 is 1.62 bits per heavy atom. The zero-order valence-corrected chi connectivity index (χ0v) is 9.11. The SMILES string of the molecule is CNC(=O)C1CCN(c2ccc(F)cn2)C1. The summed E-state index contributed by atoms with van der Waals surface area (Å²) in [6.07, 6.45) is 2.02. The first kappa shape index (κ1) is 10.9. The molecule has 0 aliphatic carbocycles. The van der Waals surface area contributed by atoms with Crippen molar-refractivity contribution in [3.8, 4) is 0 Å². The van der Waals surface area contributed by atoms with Crippen LogP contribution in [0.2, 0.25) is 0 Å². The molecule has 86 valence electrons. The van der Waals surface area contributed by atoms with Crippen LogP contribution in [-0.4, -0.2) is 31.0 Å². The molecule has 1 aromatic rings. The van der Waals surface area contributed by atoms with Gasteiger partial charge in [-0.05, 0) is 18.6 Å². The molecule has 1 saturated heterocycles. The Morgan fingerprint density at radius 2 is 2.44 bits per heavy atom. The summed E-state index contributed by atoms with van der Waals surface area (Å²) in [6, 6.07) is 3.02. The molecule has 1 unspecified atom stereocenters. The van der Waals surface area contributed by atoms with Gasteiger partial charge in [-0.3, -0.25) is 4.79 Å². The van der Waals surface area contributed by atoms with Crippen LogP contribution in [0.1, 0.15) is 6.42 Å². The highest BCUT2D eigenvalue weighted by Crippen LogP contribution is 2.21. The van der Waals surface area contributed by atoms with Crippen LogP contribution in [-0.2, 0) is 4.79 Å². The number of amides is 1. The van der Waals surface area contributed by atoms with E-state index in [9.17, 15) is 9.18 Å². The van der Waals surface area contributed by atoms with Crippen molar-refractivity contribution in [2.24, 2.45) is 5.92 Å². The van der Waals surface area contributed by atoms with Gasteiger partial charge in [0.15, 0.2) is 0 Å². The highest BCUT2D eigenvalue weighted by Gasteiger charge is 2.28. The third kappa shape index (κ3) is 2.13. The summed E-state index contributed by atoms with van der Waals surface area (Å²) in [5, 5.41) is 2.64. The van der Waals surface area contributed by atoms with E-state index in [4.69, 9.17) is 0 Å². The zero-order valence-electron chi connectivity index (χ0n) is 9.11. The van der Waals surface area contributed by atoms with Crippen LogP contribution in [0.4, 0.5) is 10.2 Å². The number of halogens is 1. The maximum atomic E-state index is 12.7. The van der Waals surface area contributed by atoms with Gasteiger partial charge in [0.05, 0.1) is 12.1 Å². The number of pyridine rings is 1. The van der Waals surface area contributed by atoms with Crippen LogP contribution in [0.3, 0.4) is 0 Å². The molecule has 0 aromatic carbocycles. The average Bonchev–Trinajstić information content (AvgIpc) is 2.78. The molecule has 0 radical (unpaired) electrons. The van der Waals surface area contributed by atoms with Crippen molar-refractivity contribution < 1.29 is 9.18 Å². The number of carbonyl (C=O) groups excluding carboxylic acids is 1. The van der Waals surface area contributed by atoms with Crippen LogP contribution in [0.15, 0.2) is 18.3 Å². The smallest absolute Gasteiger partial charge is 0.224 e. The van der Waals surface area contributed by atoms with Gasteiger partial charge < -0.3 is 10.2 Å². The quantitative estimate of drug-likeness (QED) is 0.806. The number of nitrogens with one attached hydrogen (secondary N) is 1. The molecule has 1 aliphatic heterocycles. The maximum absolute atomic E-state index is 12.7. The fraction of sp³-hybridized carbons (Fsp3) is 0.455. The van der Waals surface area contributed by atoms with Crippen molar-refractivity contribution in [3.05, 3.63) is 24.1 Å². The van der Waals surface area contributed by atoms with Crippen LogP contribution in [0, 0.1) is 11.7 Å². The molecular weight excluding hydrogens is 209 g/mol. The molecule has 2 rings (SSSR count). The molecular formula is C11H14FN3O. The lowest BCUT2D eigenvalue weighted by molar-refractivity contribution is -0.123. The van der Waals surface area contributed by atoms with Gasteiger partial charge >= 0.3 is 0 Å². The molecule has 1 amide bonds. The number of hydrogen-bond acceptors (Lipinski definition) is 3. The Bertz CT molecular complexity index is 379. The summed E-state index contributed by atoms with van der Waals surface area (Å²) in [5.74, 6) is 0.458. The van der Waals surface area contributed by atoms with E-state index < -0.39 is 0 Å². The lowest BCUT2D eigenvalue weighted by Crippen LogP contribution is -2.30. The van der Waals surface area contributed by atoms with Crippen molar-refractivity contribution in [1.29, 1.82) is 0 Å². The molecule has 1 aliphatic rings. The van der Waals surface area contributed by atoms with Crippen molar-refractivity contribution in [2.45, 2.75) is 6.42 Å². The van der Waals surface area contributed by atoms with Gasteiger partial charge in [0, 0.05) is 20.1 Å². The second kappa shape index (κ2) is 4.47. The molecule has 0 saturated carbocycles. The van der Waals surface area contributed by atoms with E-state index in [2.05, 4.69) is 10.3 Å². The standard InChI is InChI=1S/C11H14FN3O/c1-13-11(16)8-4-5-15(7-8)10-3-2-9(12)6-14-10/h2-3,6,8H,4-5,7H2,1H3,(H,13,16). The van der Waals surface area contributed by atoms with Gasteiger partial charge in [-0.25, -0.2) is 9.37 Å². The highest BCUT2D eigenvalue weighted by molar-refractivity contribution is 5.79. The maximum Gasteiger partial charge on any atom is 0.224 e. The van der Waals surface area contributed by atoms with Crippen molar-refractivity contribution in [2.75, 3.05) is 25.0 Å². The first-order chi connectivity index (χ1) is 7.70. The fourth-order valence-corrected chi connectivity index (χ4v) is 1.94. The molecule has 1 fully saturated rings. The summed E-state index contributed by atoms with van der Waals surface area (Å²) in [7, 11) is 1.64. The second-order valence-electron chi connectivity index (χ2n) is 3.88. The lowest BCUT2D eigenvalue weighted by atomic mass is 10.1. The van der Waals surface area contributed by atoms with E-state index in [-0.39, 0.29) is 17.6 Å². The Morgan fingerprint density at radius 3 is 3.06 bits per heavy atom. The largest absolute Gasteiger partial charge is 0.359 e. The summed E-state index contributed by atoms with van der Waals surface area (Å²) in [5.41, 5.74) is 0. The van der Waals surface area contributed by atoms with E-state index in [1.54, 1.807) is 13.1 Å². The Labute approximate surface area is 93.5 Å². The molecule has 1 N–H and O–H groups in total. The summed E-state index contributed by atoms with van der Waals surface area (Å²) in [4.78, 5) is 17.4. The predicted molar refractivity (Wildman–Crippen MR) is 58.6 cm³/mol. The third-order valence-electron chi connectivity index (χ3n) is 2.84. The van der Waals surface area contributed by atoms with E-state index in [0.29, 0.717) is 6.54 Å². The number of anilines is 1. The van der Waals surface area contributed by atoms with Crippen molar-refractivity contribution >= 4 is 11.7 Å². The van der Waals surface area contributed by atoms with E-state index in [1.807, 2.05) is 4.90 Å². The van der Waals surface area contributed by atoms with Crippen LogP contribution in [0.25, 0.3) is 0 Å². The molecule has 4 nitrogen and oxygen atoms in total. The van der Waals surface area contributed by atoms with Gasteiger partial charge in [0.25, 0.3) is 0 Å². The van der Waals surface area contributed by atoms with E-state index in [0.717, 1.165) is 18.8 Å². The van der Waals surface area contributed by atoms with E-state index >= 15 is 0 Å². The number of nitrogens with zero attached hydrogens (tertiary/aromatic N) is 2. The van der Waals surface area contributed by atoms with Gasteiger partial charge in [-0.15, -0.1) is 0 Å². The minimum Gasteiger partial charge on any atom is -0.359 e. The Hall–Kier alpha value is -1.65. The van der Waals surface area contributed by atoms with Gasteiger partial charge in [0.1, 0.15) is 11.6 Å². The number of carbonyl (C=O) groups is 1. The number of aromatic nitrogens is 1. The number of rotatable bonds is 2. The summed E-state index contributed by atoms with van der Waals surface area (Å²) < 4.78 is 12.7. The third-order valence-corrected chi connectivity index (χ3v) is 2.84. The van der Waals surface area contributed by atoms with Gasteiger partial charge in [-0.2, -0.15) is 0 Å². The van der Waals surface area contributed by atoms with Crippen LogP contribution in [0.5, 0.6) is 0 Å². The Kier molecular flexibility index (Phi) is 3.03. The zero-order chi connectivity index (χ0) is 11.5. The summed E-state index contributed by atoms with van der Waals surface area (Å²) in [6.45, 7) is 1.44. The molecule has 5 heteroatoms. The molecule has 2 heterocycles. The van der Waals surface area contributed by atoms with Crippen LogP contribution < -0.4 is 10.2 Å². The first-order valence-electron chi connectivity index (χ1n) is 5.29. The predicted octanol–water partition coefficient (Wildman–Crippen LogP) is 0.793. The fourth-order valence-electron chi connectivity index (χ4n) is 1.94. The van der Waals surface area contributed by atoms with Crippen molar-refractivity contribution in [3.63, 3.8) is 0 Å². The van der Waals surface area contributed by atoms with Crippen LogP contribution >= 0.6 is 0 Å². The molecule has 0 bridgehead atoms. The van der Waals surface area contributed by atoms with Gasteiger partial charge in [0.2, 0.25) is 5.91 Å². The summed E-state index contributed by atoms with van der Waals surface area (Å²) >= 11 is 0. The van der Waals surface area contributed by atoms with Gasteiger partial charge in [-0.1, -0.05) is 0 Å². The Balaban J connectivity index is 2.03. The van der Waals surface area contributed by atoms with Crippen molar-refractivity contribution in [1.82, 2.24) is 10.3 Å². The molecule has 1 atom stereocenters. The second-order valence-corrected chi connectivity index (χ2v) is 3.88. The monoisotopic (exact) mass is 223 g/mol. The minimum absolute atomic E-state index is 0.0110. The molecule has 0 spiro atoms. The highest BCUT2D eigenvalue weighted by atomic mass is 19.1. The first-order valence-corrected chi connectivity index (χ1v) is 5.29. The van der Waals surface area contributed by atoms with E-state index in [1.165, 1.54) is 12.3 Å². The topological polar surface area (TPSA) is 45.2 Å². The average molecular weight is 223 g/mol. The minimum atomic E-state index is -0.342. The molecule has 16 heavy (non-hydrogen) atoms. The number of hydrogen-bond donors (Lipinski definition) is 1. The normalized spacial score (nSPS) is 19.9. The lowest BCUT2D eigenvalue weighted by Gasteiger charge is -2.16. The molecule has 1 aromatic heterocycles.